The largest absolute Gasteiger partial charge is 0.486 e. The first-order chi connectivity index (χ1) is 7.36. The van der Waals surface area contributed by atoms with Crippen molar-refractivity contribution in [2.45, 2.75) is 13.3 Å². The van der Waals surface area contributed by atoms with E-state index in [1.807, 2.05) is 13.0 Å². The fraction of sp³-hybridized carbons (Fsp3) is 0.417. The highest BCUT2D eigenvalue weighted by Gasteiger charge is 2.21. The van der Waals surface area contributed by atoms with Gasteiger partial charge in [0, 0.05) is 23.4 Å². The molecule has 0 bridgehead atoms. The zero-order valence-electron chi connectivity index (χ0n) is 8.75. The zero-order valence-corrected chi connectivity index (χ0v) is 8.75. The van der Waals surface area contributed by atoms with E-state index in [-0.39, 0.29) is 0 Å². The number of ether oxygens (including phenoxy) is 2. The molecule has 1 aromatic rings. The molecule has 0 atom stereocenters. The van der Waals surface area contributed by atoms with Crippen molar-refractivity contribution in [3.8, 4) is 11.5 Å². The molecule has 3 rings (SSSR count). The molecule has 2 aliphatic heterocycles. The number of hydrogen-bond acceptors (Lipinski definition) is 3. The van der Waals surface area contributed by atoms with Gasteiger partial charge in [-0.25, -0.2) is 0 Å². The monoisotopic (exact) mass is 203 g/mol. The molecule has 15 heavy (non-hydrogen) atoms. The van der Waals surface area contributed by atoms with Gasteiger partial charge in [-0.15, -0.1) is 0 Å². The molecule has 2 aliphatic rings. The quantitative estimate of drug-likeness (QED) is 0.644. The zero-order chi connectivity index (χ0) is 10.3. The van der Waals surface area contributed by atoms with Gasteiger partial charge >= 0.3 is 0 Å². The predicted molar refractivity (Wildman–Crippen MR) is 58.2 cm³/mol. The van der Waals surface area contributed by atoms with Crippen molar-refractivity contribution in [2.24, 2.45) is 4.99 Å². The minimum absolute atomic E-state index is 0.652. The van der Waals surface area contributed by atoms with E-state index in [9.17, 15) is 0 Å². The van der Waals surface area contributed by atoms with Gasteiger partial charge in [0.15, 0.2) is 11.5 Å². The Balaban J connectivity index is 2.19. The van der Waals surface area contributed by atoms with Crippen LogP contribution in [0.2, 0.25) is 0 Å². The number of rotatable bonds is 0. The summed E-state index contributed by atoms with van der Waals surface area (Å²) in [6.07, 6.45) is 0.958. The first-order valence-electron chi connectivity index (χ1n) is 5.29. The molecular weight excluding hydrogens is 190 g/mol. The molecule has 0 aliphatic carbocycles. The second kappa shape index (κ2) is 3.26. The van der Waals surface area contributed by atoms with E-state index in [1.54, 1.807) is 0 Å². The molecule has 0 fully saturated rings. The molecule has 1 aromatic carbocycles. The van der Waals surface area contributed by atoms with Crippen LogP contribution >= 0.6 is 0 Å². The molecule has 0 amide bonds. The lowest BCUT2D eigenvalue weighted by molar-refractivity contribution is 0.170. The Hall–Kier alpha value is -1.51. The average molecular weight is 203 g/mol. The fourth-order valence-electron chi connectivity index (χ4n) is 2.18. The van der Waals surface area contributed by atoms with Gasteiger partial charge in [0.1, 0.15) is 13.2 Å². The molecule has 2 heterocycles. The molecule has 0 unspecified atom stereocenters. The normalized spacial score (nSPS) is 18.1. The molecule has 3 heteroatoms. The average Bonchev–Trinajstić information content (AvgIpc) is 2.29. The topological polar surface area (TPSA) is 30.8 Å². The highest BCUT2D eigenvalue weighted by atomic mass is 16.6. The molecule has 0 radical (unpaired) electrons. The molecule has 0 spiro atoms. The SMILES string of the molecule is CC1=NCCc2c1ccc1c2OCCO1. The van der Waals surface area contributed by atoms with E-state index in [4.69, 9.17) is 9.47 Å². The van der Waals surface area contributed by atoms with Gasteiger partial charge in [-0.3, -0.25) is 4.99 Å². The summed E-state index contributed by atoms with van der Waals surface area (Å²) in [4.78, 5) is 4.44. The Bertz CT molecular complexity index is 437. The highest BCUT2D eigenvalue weighted by molar-refractivity contribution is 6.01. The minimum atomic E-state index is 0.652. The highest BCUT2D eigenvalue weighted by Crippen LogP contribution is 2.37. The van der Waals surface area contributed by atoms with E-state index < -0.39 is 0 Å². The first kappa shape index (κ1) is 8.77. The third-order valence-corrected chi connectivity index (χ3v) is 2.91. The summed E-state index contributed by atoms with van der Waals surface area (Å²) in [6.45, 7) is 4.21. The van der Waals surface area contributed by atoms with Crippen LogP contribution in [-0.2, 0) is 6.42 Å². The second-order valence-electron chi connectivity index (χ2n) is 3.83. The third kappa shape index (κ3) is 1.30. The van der Waals surface area contributed by atoms with Crippen molar-refractivity contribution in [1.29, 1.82) is 0 Å². The number of fused-ring (bicyclic) bond motifs is 3. The van der Waals surface area contributed by atoms with E-state index >= 15 is 0 Å². The van der Waals surface area contributed by atoms with E-state index in [1.165, 1.54) is 11.1 Å². The molecule has 0 saturated carbocycles. The summed E-state index contributed by atoms with van der Waals surface area (Å²) in [6, 6.07) is 4.07. The van der Waals surface area contributed by atoms with Crippen molar-refractivity contribution in [1.82, 2.24) is 0 Å². The minimum Gasteiger partial charge on any atom is -0.486 e. The summed E-state index contributed by atoms with van der Waals surface area (Å²) >= 11 is 0. The van der Waals surface area contributed by atoms with Gasteiger partial charge in [-0.2, -0.15) is 0 Å². The van der Waals surface area contributed by atoms with Gasteiger partial charge in [0.2, 0.25) is 0 Å². The standard InChI is InChI=1S/C12H13NO2/c1-8-9-2-3-11-12(15-7-6-14-11)10(9)4-5-13-8/h2-3H,4-7H2,1H3. The lowest BCUT2D eigenvalue weighted by atomic mass is 9.97. The van der Waals surface area contributed by atoms with Crippen molar-refractivity contribution < 1.29 is 9.47 Å². The van der Waals surface area contributed by atoms with Crippen LogP contribution in [0.3, 0.4) is 0 Å². The number of hydrogen-bond donors (Lipinski definition) is 0. The molecule has 0 N–H and O–H groups in total. The molecule has 3 nitrogen and oxygen atoms in total. The van der Waals surface area contributed by atoms with Crippen molar-refractivity contribution in [3.63, 3.8) is 0 Å². The smallest absolute Gasteiger partial charge is 0.165 e. The van der Waals surface area contributed by atoms with E-state index in [0.29, 0.717) is 13.2 Å². The van der Waals surface area contributed by atoms with Crippen molar-refractivity contribution in [2.75, 3.05) is 19.8 Å². The summed E-state index contributed by atoms with van der Waals surface area (Å²) in [5, 5.41) is 0. The van der Waals surface area contributed by atoms with Crippen LogP contribution in [0.5, 0.6) is 11.5 Å². The Labute approximate surface area is 88.7 Å². The maximum absolute atomic E-state index is 5.69. The predicted octanol–water partition coefficient (Wildman–Crippen LogP) is 1.82. The Morgan fingerprint density at radius 3 is 3.00 bits per heavy atom. The van der Waals surface area contributed by atoms with Crippen LogP contribution in [0.4, 0.5) is 0 Å². The van der Waals surface area contributed by atoms with Crippen LogP contribution in [-0.4, -0.2) is 25.5 Å². The first-order valence-corrected chi connectivity index (χ1v) is 5.29. The van der Waals surface area contributed by atoms with Gasteiger partial charge in [-0.1, -0.05) is 0 Å². The molecule has 78 valence electrons. The van der Waals surface area contributed by atoms with Gasteiger partial charge in [0.05, 0.1) is 0 Å². The maximum atomic E-state index is 5.69. The molecule has 0 saturated heterocycles. The lowest BCUT2D eigenvalue weighted by Crippen LogP contribution is -2.19. The number of benzene rings is 1. The summed E-state index contributed by atoms with van der Waals surface area (Å²) in [5.74, 6) is 1.82. The van der Waals surface area contributed by atoms with Gasteiger partial charge in [0.25, 0.3) is 0 Å². The fourth-order valence-corrected chi connectivity index (χ4v) is 2.18. The number of nitrogens with zero attached hydrogens (tertiary/aromatic N) is 1. The van der Waals surface area contributed by atoms with Crippen LogP contribution in [0.25, 0.3) is 0 Å². The molecule has 0 aromatic heterocycles. The van der Waals surface area contributed by atoms with Crippen molar-refractivity contribution in [3.05, 3.63) is 23.3 Å². The second-order valence-corrected chi connectivity index (χ2v) is 3.83. The Morgan fingerprint density at radius 1 is 1.20 bits per heavy atom. The van der Waals surface area contributed by atoms with Crippen LogP contribution in [0.15, 0.2) is 17.1 Å². The maximum Gasteiger partial charge on any atom is 0.165 e. The summed E-state index contributed by atoms with van der Waals surface area (Å²) in [5.41, 5.74) is 3.58. The lowest BCUT2D eigenvalue weighted by Gasteiger charge is -2.24. The van der Waals surface area contributed by atoms with Gasteiger partial charge < -0.3 is 9.47 Å². The number of aliphatic imine (C=N–C) groups is 1. The summed E-state index contributed by atoms with van der Waals surface area (Å²) < 4.78 is 11.3. The van der Waals surface area contributed by atoms with Gasteiger partial charge in [-0.05, 0) is 25.5 Å². The Kier molecular flexibility index (Phi) is 1.91. The van der Waals surface area contributed by atoms with E-state index in [2.05, 4.69) is 11.1 Å². The van der Waals surface area contributed by atoms with Crippen LogP contribution in [0.1, 0.15) is 18.1 Å². The van der Waals surface area contributed by atoms with Crippen LogP contribution < -0.4 is 9.47 Å². The third-order valence-electron chi connectivity index (χ3n) is 2.91. The Morgan fingerprint density at radius 2 is 2.07 bits per heavy atom. The van der Waals surface area contributed by atoms with Crippen molar-refractivity contribution >= 4 is 5.71 Å². The van der Waals surface area contributed by atoms with Crippen LogP contribution in [0, 0.1) is 0 Å². The summed E-state index contributed by atoms with van der Waals surface area (Å²) in [7, 11) is 0. The van der Waals surface area contributed by atoms with E-state index in [0.717, 1.165) is 30.2 Å². The molecular formula is C12H13NO2.